The Bertz CT molecular complexity index is 274. The average Bonchev–Trinajstić information content (AvgIpc) is 2.93. The van der Waals surface area contributed by atoms with E-state index in [-0.39, 0.29) is 18.2 Å². The number of hydrogen-bond acceptors (Lipinski definition) is 4. The summed E-state index contributed by atoms with van der Waals surface area (Å²) in [5.74, 6) is 0. The third-order valence-electron chi connectivity index (χ3n) is 3.69. The third-order valence-corrected chi connectivity index (χ3v) is 3.69. The minimum absolute atomic E-state index is 0.0379. The Morgan fingerprint density at radius 2 is 2.16 bits per heavy atom. The van der Waals surface area contributed by atoms with Crippen molar-refractivity contribution < 1.29 is 14.3 Å². The lowest BCUT2D eigenvalue weighted by molar-refractivity contribution is 0.0143. The molecule has 2 fully saturated rings. The number of hydrogen-bond donors (Lipinski definition) is 2. The molecule has 0 aromatic carbocycles. The predicted octanol–water partition coefficient (Wildman–Crippen LogP) is 0.315. The highest BCUT2D eigenvalue weighted by molar-refractivity contribution is 5.74. The number of amides is 2. The Balaban J connectivity index is 1.63. The number of likely N-dealkylation sites (tertiary alicyclic amines) is 1. The standard InChI is InChI=1S/C13H25N3O3/c14-5-1-8-19-12-2-6-16(7-3-12)13(17)15-11-4-9-18-10-11/h11-12H,1-10,14H2,(H,15,17). The first-order valence-corrected chi connectivity index (χ1v) is 7.24. The van der Waals surface area contributed by atoms with Crippen molar-refractivity contribution in [3.05, 3.63) is 0 Å². The molecule has 0 saturated carbocycles. The van der Waals surface area contributed by atoms with E-state index in [0.29, 0.717) is 13.2 Å². The van der Waals surface area contributed by atoms with Crippen LogP contribution < -0.4 is 11.1 Å². The number of nitrogens with one attached hydrogen (secondary N) is 1. The molecule has 3 N–H and O–H groups in total. The molecule has 1 atom stereocenters. The van der Waals surface area contributed by atoms with Crippen molar-refractivity contribution in [2.24, 2.45) is 5.73 Å². The van der Waals surface area contributed by atoms with Crippen molar-refractivity contribution in [1.29, 1.82) is 0 Å². The van der Waals surface area contributed by atoms with Crippen LogP contribution in [-0.4, -0.2) is 62.5 Å². The first kappa shape index (κ1) is 14.6. The number of piperidine rings is 1. The third kappa shape index (κ3) is 4.63. The summed E-state index contributed by atoms with van der Waals surface area (Å²) in [5.41, 5.74) is 5.43. The molecule has 6 nitrogen and oxygen atoms in total. The fraction of sp³-hybridized carbons (Fsp3) is 0.923. The molecule has 2 aliphatic heterocycles. The SMILES string of the molecule is NCCCOC1CCN(C(=O)NC2CCOC2)CC1. The van der Waals surface area contributed by atoms with Crippen LogP contribution in [0.25, 0.3) is 0 Å². The zero-order valence-corrected chi connectivity index (χ0v) is 11.5. The second-order valence-electron chi connectivity index (χ2n) is 5.21. The monoisotopic (exact) mass is 271 g/mol. The normalized spacial score (nSPS) is 24.7. The van der Waals surface area contributed by atoms with Crippen molar-refractivity contribution in [1.82, 2.24) is 10.2 Å². The summed E-state index contributed by atoms with van der Waals surface area (Å²) in [6, 6.07) is 0.224. The first-order chi connectivity index (χ1) is 9.29. The van der Waals surface area contributed by atoms with Gasteiger partial charge in [-0.15, -0.1) is 0 Å². The maximum absolute atomic E-state index is 12.0. The summed E-state index contributed by atoms with van der Waals surface area (Å²) >= 11 is 0. The Labute approximate surface area is 114 Å². The van der Waals surface area contributed by atoms with E-state index in [1.807, 2.05) is 4.90 Å². The van der Waals surface area contributed by atoms with Gasteiger partial charge in [0.1, 0.15) is 0 Å². The predicted molar refractivity (Wildman–Crippen MR) is 72.0 cm³/mol. The number of carbonyl (C=O) groups excluding carboxylic acids is 1. The highest BCUT2D eigenvalue weighted by atomic mass is 16.5. The highest BCUT2D eigenvalue weighted by Gasteiger charge is 2.25. The fourth-order valence-electron chi connectivity index (χ4n) is 2.47. The number of ether oxygens (including phenoxy) is 2. The Morgan fingerprint density at radius 1 is 1.37 bits per heavy atom. The van der Waals surface area contributed by atoms with Crippen LogP contribution in [0.15, 0.2) is 0 Å². The number of urea groups is 1. The van der Waals surface area contributed by atoms with Crippen LogP contribution >= 0.6 is 0 Å². The van der Waals surface area contributed by atoms with E-state index in [2.05, 4.69) is 5.32 Å². The van der Waals surface area contributed by atoms with Crippen molar-refractivity contribution in [3.63, 3.8) is 0 Å². The van der Waals surface area contributed by atoms with Crippen LogP contribution in [0.1, 0.15) is 25.7 Å². The molecule has 110 valence electrons. The molecule has 2 rings (SSSR count). The first-order valence-electron chi connectivity index (χ1n) is 7.24. The van der Waals surface area contributed by atoms with E-state index >= 15 is 0 Å². The molecule has 2 saturated heterocycles. The van der Waals surface area contributed by atoms with Gasteiger partial charge in [0.2, 0.25) is 0 Å². The number of carbonyl (C=O) groups is 1. The molecule has 0 aromatic rings. The van der Waals surface area contributed by atoms with Gasteiger partial charge in [-0.3, -0.25) is 0 Å². The molecule has 6 heteroatoms. The maximum atomic E-state index is 12.0. The van der Waals surface area contributed by atoms with E-state index in [0.717, 1.165) is 52.0 Å². The molecule has 2 heterocycles. The molecule has 0 radical (unpaired) electrons. The van der Waals surface area contributed by atoms with Crippen molar-refractivity contribution >= 4 is 6.03 Å². The highest BCUT2D eigenvalue weighted by Crippen LogP contribution is 2.14. The summed E-state index contributed by atoms with van der Waals surface area (Å²) in [5, 5.41) is 3.02. The van der Waals surface area contributed by atoms with Gasteiger partial charge < -0.3 is 25.4 Å². The topological polar surface area (TPSA) is 76.8 Å². The molecule has 0 bridgehead atoms. The largest absolute Gasteiger partial charge is 0.379 e. The van der Waals surface area contributed by atoms with Gasteiger partial charge in [0.15, 0.2) is 0 Å². The van der Waals surface area contributed by atoms with Crippen molar-refractivity contribution in [3.8, 4) is 0 Å². The molecule has 1 unspecified atom stereocenters. The van der Waals surface area contributed by atoms with Gasteiger partial charge in [-0.05, 0) is 32.2 Å². The van der Waals surface area contributed by atoms with Crippen LogP contribution in [0.2, 0.25) is 0 Å². The van der Waals surface area contributed by atoms with Gasteiger partial charge in [-0.25, -0.2) is 4.79 Å². The zero-order valence-electron chi connectivity index (χ0n) is 11.5. The van der Waals surface area contributed by atoms with Gasteiger partial charge in [-0.2, -0.15) is 0 Å². The van der Waals surface area contributed by atoms with E-state index in [1.165, 1.54) is 0 Å². The van der Waals surface area contributed by atoms with Gasteiger partial charge in [0, 0.05) is 26.3 Å². The zero-order chi connectivity index (χ0) is 13.5. The van der Waals surface area contributed by atoms with Gasteiger partial charge in [-0.1, -0.05) is 0 Å². The van der Waals surface area contributed by atoms with Crippen LogP contribution in [0.4, 0.5) is 4.79 Å². The second-order valence-corrected chi connectivity index (χ2v) is 5.21. The van der Waals surface area contributed by atoms with Gasteiger partial charge in [0.05, 0.1) is 18.8 Å². The molecule has 0 spiro atoms. The average molecular weight is 271 g/mol. The van der Waals surface area contributed by atoms with Crippen LogP contribution in [0, 0.1) is 0 Å². The van der Waals surface area contributed by atoms with E-state index < -0.39 is 0 Å². The smallest absolute Gasteiger partial charge is 0.317 e. The maximum Gasteiger partial charge on any atom is 0.317 e. The lowest BCUT2D eigenvalue weighted by Crippen LogP contribution is -2.49. The Hall–Kier alpha value is -0.850. The van der Waals surface area contributed by atoms with Crippen LogP contribution in [0.5, 0.6) is 0 Å². The molecule has 2 amide bonds. The van der Waals surface area contributed by atoms with Crippen LogP contribution in [0.3, 0.4) is 0 Å². The molecule has 0 aromatic heterocycles. The fourth-order valence-corrected chi connectivity index (χ4v) is 2.47. The summed E-state index contributed by atoms with van der Waals surface area (Å²) in [7, 11) is 0. The quantitative estimate of drug-likeness (QED) is 0.706. The van der Waals surface area contributed by atoms with Crippen molar-refractivity contribution in [2.45, 2.75) is 37.8 Å². The summed E-state index contributed by atoms with van der Waals surface area (Å²) in [6.45, 7) is 4.34. The number of rotatable bonds is 5. The second kappa shape index (κ2) is 7.67. The lowest BCUT2D eigenvalue weighted by Gasteiger charge is -2.32. The van der Waals surface area contributed by atoms with E-state index in [4.69, 9.17) is 15.2 Å². The summed E-state index contributed by atoms with van der Waals surface area (Å²) in [6.07, 6.45) is 3.94. The molecular weight excluding hydrogens is 246 g/mol. The minimum Gasteiger partial charge on any atom is -0.379 e. The summed E-state index contributed by atoms with van der Waals surface area (Å²) < 4.78 is 11.0. The van der Waals surface area contributed by atoms with Gasteiger partial charge >= 0.3 is 6.03 Å². The van der Waals surface area contributed by atoms with E-state index in [9.17, 15) is 4.79 Å². The Kier molecular flexibility index (Phi) is 5.88. The number of nitrogens with two attached hydrogens (primary N) is 1. The van der Waals surface area contributed by atoms with Crippen LogP contribution in [-0.2, 0) is 9.47 Å². The number of nitrogens with zero attached hydrogens (tertiary/aromatic N) is 1. The minimum atomic E-state index is 0.0379. The molecule has 0 aliphatic carbocycles. The molecule has 2 aliphatic rings. The van der Waals surface area contributed by atoms with Crippen molar-refractivity contribution in [2.75, 3.05) is 39.5 Å². The Morgan fingerprint density at radius 3 is 2.79 bits per heavy atom. The molecule has 19 heavy (non-hydrogen) atoms. The molecular formula is C13H25N3O3. The van der Waals surface area contributed by atoms with E-state index in [1.54, 1.807) is 0 Å². The summed E-state index contributed by atoms with van der Waals surface area (Å²) in [4.78, 5) is 13.9. The van der Waals surface area contributed by atoms with Gasteiger partial charge in [0.25, 0.3) is 0 Å². The lowest BCUT2D eigenvalue weighted by atomic mass is 10.1.